The molecule has 0 radical (unpaired) electrons. The van der Waals surface area contributed by atoms with E-state index in [9.17, 15) is 0 Å². The largest absolute Gasteiger partial charge is 0.376 e. The fraction of sp³-hybridized carbons (Fsp3) is 1.00. The Morgan fingerprint density at radius 2 is 1.25 bits per heavy atom. The first kappa shape index (κ1) is 15.9. The van der Waals surface area contributed by atoms with E-state index in [0.29, 0.717) is 19.3 Å². The topological polar surface area (TPSA) is 27.7 Å². The minimum atomic E-state index is 0.132. The van der Waals surface area contributed by atoms with E-state index in [2.05, 4.69) is 13.8 Å². The van der Waals surface area contributed by atoms with E-state index in [1.165, 1.54) is 0 Å². The molecule has 0 saturated heterocycles. The van der Waals surface area contributed by atoms with Crippen LogP contribution in [0.3, 0.4) is 0 Å². The van der Waals surface area contributed by atoms with Crippen LogP contribution in [0.5, 0.6) is 0 Å². The smallest absolute Gasteiger partial charge is 0.0784 e. The summed E-state index contributed by atoms with van der Waals surface area (Å²) in [5.41, 5.74) is 0. The Balaban J connectivity index is 3.52. The maximum Gasteiger partial charge on any atom is 0.0784 e. The number of ether oxygens (including phenoxy) is 3. The van der Waals surface area contributed by atoms with Crippen LogP contribution < -0.4 is 0 Å². The molecule has 3 heteroatoms. The zero-order chi connectivity index (χ0) is 12.6. The van der Waals surface area contributed by atoms with E-state index in [0.717, 1.165) is 6.42 Å². The maximum absolute atomic E-state index is 5.65. The van der Waals surface area contributed by atoms with Crippen molar-refractivity contribution in [3.8, 4) is 0 Å². The quantitative estimate of drug-likeness (QED) is 0.611. The van der Waals surface area contributed by atoms with Crippen molar-refractivity contribution in [3.05, 3.63) is 0 Å². The van der Waals surface area contributed by atoms with E-state index >= 15 is 0 Å². The molecule has 0 saturated carbocycles. The summed E-state index contributed by atoms with van der Waals surface area (Å²) < 4.78 is 16.8. The van der Waals surface area contributed by atoms with Crippen molar-refractivity contribution in [1.29, 1.82) is 0 Å². The van der Waals surface area contributed by atoms with Crippen LogP contribution in [0.15, 0.2) is 0 Å². The average molecular weight is 232 g/mol. The van der Waals surface area contributed by atoms with Crippen LogP contribution in [0.4, 0.5) is 0 Å². The second kappa shape index (κ2) is 8.97. The van der Waals surface area contributed by atoms with Crippen LogP contribution in [0, 0.1) is 0 Å². The highest BCUT2D eigenvalue weighted by Crippen LogP contribution is 2.03. The van der Waals surface area contributed by atoms with E-state index in [1.54, 1.807) is 0 Å². The van der Waals surface area contributed by atoms with Crippen molar-refractivity contribution >= 4 is 0 Å². The summed E-state index contributed by atoms with van der Waals surface area (Å²) in [4.78, 5) is 0. The highest BCUT2D eigenvalue weighted by Gasteiger charge is 2.09. The SMILES string of the molecule is CCC(C)OCC(C)OCC(C)OC(C)C. The molecular formula is C13H28O3. The van der Waals surface area contributed by atoms with Crippen molar-refractivity contribution in [2.24, 2.45) is 0 Å². The lowest BCUT2D eigenvalue weighted by Crippen LogP contribution is -2.26. The van der Waals surface area contributed by atoms with Gasteiger partial charge in [0.15, 0.2) is 0 Å². The first-order valence-electron chi connectivity index (χ1n) is 6.34. The summed E-state index contributed by atoms with van der Waals surface area (Å²) >= 11 is 0. The Morgan fingerprint density at radius 3 is 1.75 bits per heavy atom. The maximum atomic E-state index is 5.65. The van der Waals surface area contributed by atoms with Gasteiger partial charge in [0.2, 0.25) is 0 Å². The molecule has 98 valence electrons. The molecule has 0 aliphatic heterocycles. The van der Waals surface area contributed by atoms with Crippen LogP contribution in [0.25, 0.3) is 0 Å². The van der Waals surface area contributed by atoms with Gasteiger partial charge in [-0.15, -0.1) is 0 Å². The van der Waals surface area contributed by atoms with Gasteiger partial charge in [0.1, 0.15) is 0 Å². The summed E-state index contributed by atoms with van der Waals surface area (Å²) in [5, 5.41) is 0. The van der Waals surface area contributed by atoms with Gasteiger partial charge in [0.25, 0.3) is 0 Å². The summed E-state index contributed by atoms with van der Waals surface area (Å²) in [6, 6.07) is 0. The molecule has 0 fully saturated rings. The van der Waals surface area contributed by atoms with Crippen LogP contribution in [0.1, 0.15) is 48.0 Å². The van der Waals surface area contributed by atoms with Crippen LogP contribution in [0.2, 0.25) is 0 Å². The molecule has 0 bridgehead atoms. The third-order valence-electron chi connectivity index (χ3n) is 2.31. The molecule has 0 spiro atoms. The molecule has 0 aliphatic carbocycles. The monoisotopic (exact) mass is 232 g/mol. The molecule has 0 rings (SSSR count). The van der Waals surface area contributed by atoms with Gasteiger partial charge in [-0.2, -0.15) is 0 Å². The fourth-order valence-electron chi connectivity index (χ4n) is 1.27. The molecule has 3 nitrogen and oxygen atoms in total. The molecular weight excluding hydrogens is 204 g/mol. The first-order chi connectivity index (χ1) is 7.45. The van der Waals surface area contributed by atoms with Gasteiger partial charge in [-0.05, 0) is 41.0 Å². The highest BCUT2D eigenvalue weighted by atomic mass is 16.6. The second-order valence-electron chi connectivity index (χ2n) is 4.69. The standard InChI is InChI=1S/C13H28O3/c1-7-11(4)14-8-12(5)15-9-13(6)16-10(2)3/h10-13H,7-9H2,1-6H3. The van der Waals surface area contributed by atoms with E-state index in [1.807, 2.05) is 27.7 Å². The van der Waals surface area contributed by atoms with Crippen molar-refractivity contribution in [1.82, 2.24) is 0 Å². The fourth-order valence-corrected chi connectivity index (χ4v) is 1.27. The molecule has 0 aromatic heterocycles. The number of hydrogen-bond acceptors (Lipinski definition) is 3. The summed E-state index contributed by atoms with van der Waals surface area (Å²) in [6.07, 6.45) is 1.89. The van der Waals surface area contributed by atoms with Crippen molar-refractivity contribution < 1.29 is 14.2 Å². The van der Waals surface area contributed by atoms with Crippen molar-refractivity contribution in [2.75, 3.05) is 13.2 Å². The van der Waals surface area contributed by atoms with Gasteiger partial charge in [-0.25, -0.2) is 0 Å². The lowest BCUT2D eigenvalue weighted by Gasteiger charge is -2.20. The lowest BCUT2D eigenvalue weighted by molar-refractivity contribution is -0.0796. The second-order valence-corrected chi connectivity index (χ2v) is 4.69. The molecule has 0 heterocycles. The molecule has 0 amide bonds. The van der Waals surface area contributed by atoms with E-state index < -0.39 is 0 Å². The Kier molecular flexibility index (Phi) is 8.90. The molecule has 0 aromatic rings. The predicted molar refractivity (Wildman–Crippen MR) is 66.8 cm³/mol. The molecule has 0 aliphatic rings. The summed E-state index contributed by atoms with van der Waals surface area (Å²) in [6.45, 7) is 13.6. The van der Waals surface area contributed by atoms with Crippen molar-refractivity contribution in [2.45, 2.75) is 72.4 Å². The third kappa shape index (κ3) is 9.13. The Hall–Kier alpha value is -0.120. The summed E-state index contributed by atoms with van der Waals surface area (Å²) in [7, 11) is 0. The Labute approximate surface area is 100 Å². The van der Waals surface area contributed by atoms with Gasteiger partial charge in [0.05, 0.1) is 37.6 Å². The zero-order valence-corrected chi connectivity index (χ0v) is 11.7. The van der Waals surface area contributed by atoms with Crippen LogP contribution in [-0.2, 0) is 14.2 Å². The zero-order valence-electron chi connectivity index (χ0n) is 11.7. The molecule has 3 unspecified atom stereocenters. The minimum Gasteiger partial charge on any atom is -0.376 e. The molecule has 0 aromatic carbocycles. The van der Waals surface area contributed by atoms with Gasteiger partial charge < -0.3 is 14.2 Å². The highest BCUT2D eigenvalue weighted by molar-refractivity contribution is 4.55. The number of rotatable bonds is 9. The van der Waals surface area contributed by atoms with Crippen LogP contribution in [-0.4, -0.2) is 37.6 Å². The van der Waals surface area contributed by atoms with Gasteiger partial charge in [0, 0.05) is 0 Å². The van der Waals surface area contributed by atoms with E-state index in [4.69, 9.17) is 14.2 Å². The Morgan fingerprint density at radius 1 is 0.750 bits per heavy atom. The summed E-state index contributed by atoms with van der Waals surface area (Å²) in [5.74, 6) is 0. The molecule has 0 N–H and O–H groups in total. The average Bonchev–Trinajstić information content (AvgIpc) is 2.22. The van der Waals surface area contributed by atoms with Crippen LogP contribution >= 0.6 is 0 Å². The number of hydrogen-bond donors (Lipinski definition) is 0. The lowest BCUT2D eigenvalue weighted by atomic mass is 10.3. The minimum absolute atomic E-state index is 0.132. The normalized spacial score (nSPS) is 17.4. The van der Waals surface area contributed by atoms with Crippen molar-refractivity contribution in [3.63, 3.8) is 0 Å². The molecule has 3 atom stereocenters. The van der Waals surface area contributed by atoms with Gasteiger partial charge >= 0.3 is 0 Å². The molecule has 16 heavy (non-hydrogen) atoms. The van der Waals surface area contributed by atoms with Gasteiger partial charge in [-0.3, -0.25) is 0 Å². The van der Waals surface area contributed by atoms with Gasteiger partial charge in [-0.1, -0.05) is 6.92 Å². The third-order valence-corrected chi connectivity index (χ3v) is 2.31. The Bertz CT molecular complexity index is 159. The van der Waals surface area contributed by atoms with E-state index in [-0.39, 0.29) is 18.3 Å². The predicted octanol–water partition coefficient (Wildman–Crippen LogP) is 3.02. The first-order valence-corrected chi connectivity index (χ1v) is 6.34.